The van der Waals surface area contributed by atoms with Gasteiger partial charge in [0.05, 0.1) is 5.54 Å². The minimum absolute atomic E-state index is 0.0269. The van der Waals surface area contributed by atoms with Crippen molar-refractivity contribution >= 4 is 17.8 Å². The summed E-state index contributed by atoms with van der Waals surface area (Å²) < 4.78 is 5.09. The monoisotopic (exact) mass is 319 g/mol. The first kappa shape index (κ1) is 15.3. The van der Waals surface area contributed by atoms with Crippen LogP contribution in [0.1, 0.15) is 37.4 Å². The lowest BCUT2D eigenvalue weighted by Crippen LogP contribution is -2.35. The molecule has 0 atom stereocenters. The third kappa shape index (κ3) is 2.52. The molecule has 23 heavy (non-hydrogen) atoms. The Morgan fingerprint density at radius 2 is 1.87 bits per heavy atom. The summed E-state index contributed by atoms with van der Waals surface area (Å²) in [6.07, 6.45) is 4.89. The SMILES string of the molecule is C=CCN1C(=O)C(=O)N(Cc2nc(C3(N)CCCC3)no2)C1=O. The van der Waals surface area contributed by atoms with Gasteiger partial charge in [-0.25, -0.2) is 9.69 Å². The van der Waals surface area contributed by atoms with E-state index in [-0.39, 0.29) is 19.0 Å². The van der Waals surface area contributed by atoms with Crippen LogP contribution in [0.15, 0.2) is 17.2 Å². The van der Waals surface area contributed by atoms with Gasteiger partial charge in [-0.15, -0.1) is 6.58 Å². The highest BCUT2D eigenvalue weighted by atomic mass is 16.5. The van der Waals surface area contributed by atoms with E-state index in [4.69, 9.17) is 10.3 Å². The van der Waals surface area contributed by atoms with E-state index < -0.39 is 23.4 Å². The van der Waals surface area contributed by atoms with Gasteiger partial charge in [0.1, 0.15) is 6.54 Å². The van der Waals surface area contributed by atoms with E-state index >= 15 is 0 Å². The number of hydrogen-bond donors (Lipinski definition) is 1. The average Bonchev–Trinajstić information content (AvgIpc) is 3.21. The highest BCUT2D eigenvalue weighted by molar-refractivity contribution is 6.44. The Morgan fingerprint density at radius 3 is 2.52 bits per heavy atom. The molecule has 3 rings (SSSR count). The standard InChI is InChI=1S/C14H17N5O4/c1-2-7-18-10(20)11(21)19(13(18)22)8-9-16-12(17-23-9)14(15)5-3-4-6-14/h2H,1,3-8,15H2. The topological polar surface area (TPSA) is 123 Å². The fourth-order valence-corrected chi connectivity index (χ4v) is 2.87. The molecule has 1 saturated carbocycles. The molecule has 0 spiro atoms. The van der Waals surface area contributed by atoms with E-state index in [2.05, 4.69) is 16.7 Å². The van der Waals surface area contributed by atoms with Crippen molar-refractivity contribution in [3.05, 3.63) is 24.4 Å². The molecule has 2 N–H and O–H groups in total. The molecule has 0 unspecified atom stereocenters. The lowest BCUT2D eigenvalue weighted by atomic mass is 9.99. The normalized spacial score (nSPS) is 20.7. The molecule has 2 aliphatic rings. The fourth-order valence-electron chi connectivity index (χ4n) is 2.87. The quantitative estimate of drug-likeness (QED) is 0.469. The summed E-state index contributed by atoms with van der Waals surface area (Å²) in [7, 11) is 0. The predicted octanol–water partition coefficient (Wildman–Crippen LogP) is 0.274. The zero-order chi connectivity index (χ0) is 16.6. The molecule has 0 radical (unpaired) electrons. The summed E-state index contributed by atoms with van der Waals surface area (Å²) in [4.78, 5) is 41.5. The van der Waals surface area contributed by atoms with Crippen LogP contribution in [0.2, 0.25) is 0 Å². The number of nitrogens with zero attached hydrogens (tertiary/aromatic N) is 4. The molecule has 0 aromatic carbocycles. The minimum atomic E-state index is -0.917. The van der Waals surface area contributed by atoms with Crippen LogP contribution in [0.3, 0.4) is 0 Å². The molecule has 9 heteroatoms. The molecule has 9 nitrogen and oxygen atoms in total. The van der Waals surface area contributed by atoms with E-state index in [0.717, 1.165) is 35.5 Å². The first-order chi connectivity index (χ1) is 11.0. The molecule has 122 valence electrons. The van der Waals surface area contributed by atoms with Gasteiger partial charge >= 0.3 is 17.8 Å². The van der Waals surface area contributed by atoms with E-state index in [1.54, 1.807) is 0 Å². The average molecular weight is 319 g/mol. The Bertz CT molecular complexity index is 676. The van der Waals surface area contributed by atoms with Crippen LogP contribution in [0.4, 0.5) is 4.79 Å². The van der Waals surface area contributed by atoms with Crippen molar-refractivity contribution in [2.75, 3.05) is 6.54 Å². The molecular formula is C14H17N5O4. The second-order valence-electron chi connectivity index (χ2n) is 5.75. The summed E-state index contributed by atoms with van der Waals surface area (Å²) in [5.74, 6) is -1.36. The van der Waals surface area contributed by atoms with Crippen molar-refractivity contribution in [2.45, 2.75) is 37.8 Å². The maximum atomic E-state index is 12.1. The van der Waals surface area contributed by atoms with Gasteiger partial charge in [0.25, 0.3) is 0 Å². The number of imide groups is 2. The number of hydrogen-bond acceptors (Lipinski definition) is 7. The van der Waals surface area contributed by atoms with Crippen molar-refractivity contribution < 1.29 is 18.9 Å². The summed E-state index contributed by atoms with van der Waals surface area (Å²) in [5, 5.41) is 3.86. The molecule has 1 saturated heterocycles. The first-order valence-corrected chi connectivity index (χ1v) is 7.36. The third-order valence-electron chi connectivity index (χ3n) is 4.15. The van der Waals surface area contributed by atoms with E-state index in [1.165, 1.54) is 6.08 Å². The molecule has 1 aromatic heterocycles. The van der Waals surface area contributed by atoms with Crippen LogP contribution >= 0.6 is 0 Å². The zero-order valence-corrected chi connectivity index (χ0v) is 12.5. The van der Waals surface area contributed by atoms with Crippen molar-refractivity contribution in [1.82, 2.24) is 19.9 Å². The lowest BCUT2D eigenvalue weighted by molar-refractivity contribution is -0.143. The summed E-state index contributed by atoms with van der Waals surface area (Å²) in [6.45, 7) is 3.17. The van der Waals surface area contributed by atoms with E-state index in [9.17, 15) is 14.4 Å². The number of urea groups is 1. The smallest absolute Gasteiger partial charge is 0.335 e. The van der Waals surface area contributed by atoms with Gasteiger partial charge in [0, 0.05) is 6.54 Å². The number of aromatic nitrogens is 2. The summed E-state index contributed by atoms with van der Waals surface area (Å²) >= 11 is 0. The van der Waals surface area contributed by atoms with Gasteiger partial charge in [-0.3, -0.25) is 14.5 Å². The molecule has 2 heterocycles. The van der Waals surface area contributed by atoms with Crippen LogP contribution in [0, 0.1) is 0 Å². The summed E-state index contributed by atoms with van der Waals surface area (Å²) in [5.41, 5.74) is 5.61. The van der Waals surface area contributed by atoms with Crippen LogP contribution in [0.25, 0.3) is 0 Å². The van der Waals surface area contributed by atoms with Crippen molar-refractivity contribution in [3.63, 3.8) is 0 Å². The predicted molar refractivity (Wildman–Crippen MR) is 76.5 cm³/mol. The molecule has 4 amide bonds. The molecular weight excluding hydrogens is 302 g/mol. The van der Waals surface area contributed by atoms with Crippen LogP contribution < -0.4 is 5.73 Å². The van der Waals surface area contributed by atoms with Crippen molar-refractivity contribution in [1.29, 1.82) is 0 Å². The first-order valence-electron chi connectivity index (χ1n) is 7.36. The molecule has 1 aliphatic carbocycles. The zero-order valence-electron chi connectivity index (χ0n) is 12.5. The van der Waals surface area contributed by atoms with E-state index in [1.807, 2.05) is 0 Å². The molecule has 2 fully saturated rings. The Morgan fingerprint density at radius 1 is 1.22 bits per heavy atom. The van der Waals surface area contributed by atoms with Crippen molar-refractivity contribution in [3.8, 4) is 0 Å². The van der Waals surface area contributed by atoms with Gasteiger partial charge < -0.3 is 10.3 Å². The maximum Gasteiger partial charge on any atom is 0.335 e. The third-order valence-corrected chi connectivity index (χ3v) is 4.15. The van der Waals surface area contributed by atoms with Gasteiger partial charge in [0.15, 0.2) is 5.82 Å². The molecule has 1 aromatic rings. The summed E-state index contributed by atoms with van der Waals surface area (Å²) in [6, 6.07) is -0.719. The van der Waals surface area contributed by atoms with E-state index in [0.29, 0.717) is 5.82 Å². The maximum absolute atomic E-state index is 12.1. The largest absolute Gasteiger partial charge is 0.337 e. The number of carbonyl (C=O) groups excluding carboxylic acids is 3. The Balaban J connectivity index is 1.76. The van der Waals surface area contributed by atoms with Gasteiger partial charge in [-0.2, -0.15) is 4.98 Å². The minimum Gasteiger partial charge on any atom is -0.337 e. The number of amides is 4. The van der Waals surface area contributed by atoms with Gasteiger partial charge in [0.2, 0.25) is 5.89 Å². The highest BCUT2D eigenvalue weighted by Crippen LogP contribution is 2.34. The second kappa shape index (κ2) is 5.58. The Kier molecular flexibility index (Phi) is 3.72. The van der Waals surface area contributed by atoms with Gasteiger partial charge in [-0.05, 0) is 12.8 Å². The van der Waals surface area contributed by atoms with Gasteiger partial charge in [-0.1, -0.05) is 24.1 Å². The van der Waals surface area contributed by atoms with Crippen LogP contribution in [-0.2, 0) is 21.7 Å². The fraction of sp³-hybridized carbons (Fsp3) is 0.500. The Labute approximate surface area is 132 Å². The second-order valence-corrected chi connectivity index (χ2v) is 5.75. The molecule has 1 aliphatic heterocycles. The number of rotatable bonds is 5. The lowest BCUT2D eigenvalue weighted by Gasteiger charge is -2.17. The van der Waals surface area contributed by atoms with Crippen LogP contribution in [0.5, 0.6) is 0 Å². The Hall–Kier alpha value is -2.55. The molecule has 0 bridgehead atoms. The number of nitrogens with two attached hydrogens (primary N) is 1. The van der Waals surface area contributed by atoms with Crippen LogP contribution in [-0.4, -0.2) is 44.3 Å². The van der Waals surface area contributed by atoms with Crippen molar-refractivity contribution in [2.24, 2.45) is 5.73 Å². The number of carbonyl (C=O) groups is 3. The highest BCUT2D eigenvalue weighted by Gasteiger charge is 2.45.